The monoisotopic (exact) mass is 500 g/mol. The third-order valence-corrected chi connectivity index (χ3v) is 5.58. The van der Waals surface area contributed by atoms with E-state index in [1.54, 1.807) is 30.3 Å². The highest BCUT2D eigenvalue weighted by molar-refractivity contribution is 9.11. The molecule has 8 heteroatoms. The second-order valence-electron chi connectivity index (χ2n) is 5.24. The second-order valence-corrected chi connectivity index (χ2v) is 8.48. The molecule has 0 aromatic heterocycles. The van der Waals surface area contributed by atoms with E-state index >= 15 is 0 Å². The number of hydrogen-bond acceptors (Lipinski definition) is 4. The Morgan fingerprint density at radius 2 is 2.04 bits per heavy atom. The van der Waals surface area contributed by atoms with E-state index < -0.39 is 0 Å². The van der Waals surface area contributed by atoms with Crippen LogP contribution < -0.4 is 5.32 Å². The molecular formula is C17H11Br2ClN2O2S. The Balaban J connectivity index is 1.91. The number of phenols is 1. The van der Waals surface area contributed by atoms with Gasteiger partial charge in [0.05, 0.1) is 15.1 Å². The van der Waals surface area contributed by atoms with Crippen molar-refractivity contribution in [1.29, 1.82) is 0 Å². The predicted octanol–water partition coefficient (Wildman–Crippen LogP) is 5.77. The number of carbonyl (C=O) groups excluding carboxylic acids is 1. The van der Waals surface area contributed by atoms with Crippen LogP contribution in [0.1, 0.15) is 11.1 Å². The van der Waals surface area contributed by atoms with Gasteiger partial charge < -0.3 is 10.4 Å². The fraction of sp³-hybridized carbons (Fsp3) is 0.0588. The maximum Gasteiger partial charge on any atom is 0.264 e. The molecule has 4 nitrogen and oxygen atoms in total. The van der Waals surface area contributed by atoms with Gasteiger partial charge in [0.15, 0.2) is 5.17 Å². The number of benzene rings is 2. The maximum atomic E-state index is 12.2. The van der Waals surface area contributed by atoms with Gasteiger partial charge in [-0.25, -0.2) is 4.99 Å². The third kappa shape index (κ3) is 4.28. The number of rotatable bonds is 2. The van der Waals surface area contributed by atoms with Gasteiger partial charge in [0.1, 0.15) is 5.75 Å². The number of hydrogen-bond donors (Lipinski definition) is 2. The highest BCUT2D eigenvalue weighted by atomic mass is 79.9. The number of aryl methyl sites for hydroxylation is 1. The summed E-state index contributed by atoms with van der Waals surface area (Å²) in [7, 11) is 0. The lowest BCUT2D eigenvalue weighted by atomic mass is 10.2. The van der Waals surface area contributed by atoms with Gasteiger partial charge in [0.25, 0.3) is 5.91 Å². The lowest BCUT2D eigenvalue weighted by Gasteiger charge is -2.03. The molecule has 0 bridgehead atoms. The van der Waals surface area contributed by atoms with Gasteiger partial charge in [-0.15, -0.1) is 0 Å². The average Bonchev–Trinajstić information content (AvgIpc) is 2.87. The molecule has 2 aromatic carbocycles. The van der Waals surface area contributed by atoms with Gasteiger partial charge in [0.2, 0.25) is 0 Å². The van der Waals surface area contributed by atoms with Crippen LogP contribution in [-0.2, 0) is 4.79 Å². The molecule has 1 amide bonds. The molecule has 1 aliphatic rings. The maximum absolute atomic E-state index is 12.2. The number of nitrogens with one attached hydrogen (secondary N) is 1. The lowest BCUT2D eigenvalue weighted by molar-refractivity contribution is -0.115. The zero-order valence-electron chi connectivity index (χ0n) is 12.8. The van der Waals surface area contributed by atoms with Crippen LogP contribution in [0.4, 0.5) is 5.69 Å². The van der Waals surface area contributed by atoms with E-state index in [1.807, 2.05) is 13.0 Å². The van der Waals surface area contributed by atoms with Crippen LogP contribution in [0.5, 0.6) is 5.75 Å². The van der Waals surface area contributed by atoms with Crippen LogP contribution >= 0.6 is 55.2 Å². The molecule has 25 heavy (non-hydrogen) atoms. The molecule has 0 radical (unpaired) electrons. The SMILES string of the molecule is Cc1cc(Cl)ccc1N=C1NC(=O)/C(=C/c2cc(Br)cc(Br)c2O)S1. The minimum atomic E-state index is -0.258. The smallest absolute Gasteiger partial charge is 0.264 e. The molecule has 1 aliphatic heterocycles. The van der Waals surface area contributed by atoms with E-state index in [0.29, 0.717) is 25.1 Å². The number of halogens is 3. The Hall–Kier alpha value is -1.28. The summed E-state index contributed by atoms with van der Waals surface area (Å²) in [5.41, 5.74) is 2.19. The van der Waals surface area contributed by atoms with Crippen molar-refractivity contribution in [3.05, 3.63) is 60.3 Å². The number of aromatic hydroxyl groups is 1. The predicted molar refractivity (Wildman–Crippen MR) is 111 cm³/mol. The lowest BCUT2D eigenvalue weighted by Crippen LogP contribution is -2.19. The van der Waals surface area contributed by atoms with E-state index in [4.69, 9.17) is 11.6 Å². The Kier molecular flexibility index (Phi) is 5.58. The van der Waals surface area contributed by atoms with Gasteiger partial charge in [-0.1, -0.05) is 27.5 Å². The highest BCUT2D eigenvalue weighted by Crippen LogP contribution is 2.36. The number of nitrogens with zero attached hydrogens (tertiary/aromatic N) is 1. The number of phenolic OH excluding ortho intramolecular Hbond substituents is 1. The topological polar surface area (TPSA) is 61.7 Å². The normalized spacial score (nSPS) is 17.4. The fourth-order valence-corrected chi connectivity index (χ4v) is 4.48. The summed E-state index contributed by atoms with van der Waals surface area (Å²) in [5, 5.41) is 14.0. The Bertz CT molecular complexity index is 944. The molecular weight excluding hydrogens is 492 g/mol. The van der Waals surface area contributed by atoms with Crippen molar-refractivity contribution in [2.45, 2.75) is 6.92 Å². The molecule has 0 saturated carbocycles. The first-order valence-corrected chi connectivity index (χ1v) is 9.85. The van der Waals surface area contributed by atoms with E-state index in [9.17, 15) is 9.90 Å². The highest BCUT2D eigenvalue weighted by Gasteiger charge is 2.24. The molecule has 128 valence electrons. The Labute approximate surface area is 170 Å². The Morgan fingerprint density at radius 3 is 2.76 bits per heavy atom. The Morgan fingerprint density at radius 1 is 1.28 bits per heavy atom. The fourth-order valence-electron chi connectivity index (χ4n) is 2.17. The summed E-state index contributed by atoms with van der Waals surface area (Å²) in [6.07, 6.45) is 1.63. The standard InChI is InChI=1S/C17H11Br2ClN2O2S/c1-8-4-11(20)2-3-13(8)21-17-22-16(24)14(25-17)6-9-5-10(18)7-12(19)15(9)23/h2-7,23H,1H3,(H,21,22,24)/b14-6-. The summed E-state index contributed by atoms with van der Waals surface area (Å²) >= 11 is 13.8. The summed E-state index contributed by atoms with van der Waals surface area (Å²) < 4.78 is 1.33. The molecule has 3 rings (SSSR count). The van der Waals surface area contributed by atoms with Crippen LogP contribution in [0.3, 0.4) is 0 Å². The number of thioether (sulfide) groups is 1. The van der Waals surface area contributed by atoms with Crippen molar-refractivity contribution >= 4 is 78.1 Å². The van der Waals surface area contributed by atoms with Crippen LogP contribution in [0.2, 0.25) is 5.02 Å². The second kappa shape index (κ2) is 7.53. The molecule has 1 saturated heterocycles. The first-order valence-electron chi connectivity index (χ1n) is 7.07. The number of amidine groups is 1. The zero-order chi connectivity index (χ0) is 18.1. The molecule has 0 aliphatic carbocycles. The number of aliphatic imine (C=N–C) groups is 1. The molecule has 1 heterocycles. The zero-order valence-corrected chi connectivity index (χ0v) is 17.6. The molecule has 2 aromatic rings. The summed E-state index contributed by atoms with van der Waals surface area (Å²) in [6.45, 7) is 1.90. The molecule has 1 fully saturated rings. The van der Waals surface area contributed by atoms with Crippen LogP contribution in [-0.4, -0.2) is 16.2 Å². The van der Waals surface area contributed by atoms with Crippen LogP contribution in [0, 0.1) is 6.92 Å². The first kappa shape index (κ1) is 18.5. The van der Waals surface area contributed by atoms with E-state index in [-0.39, 0.29) is 11.7 Å². The van der Waals surface area contributed by atoms with Crippen molar-refractivity contribution < 1.29 is 9.90 Å². The van der Waals surface area contributed by atoms with E-state index in [0.717, 1.165) is 15.7 Å². The molecule has 0 atom stereocenters. The van der Waals surface area contributed by atoms with Crippen molar-refractivity contribution in [2.24, 2.45) is 4.99 Å². The van der Waals surface area contributed by atoms with E-state index in [2.05, 4.69) is 42.2 Å². The van der Waals surface area contributed by atoms with Crippen molar-refractivity contribution in [1.82, 2.24) is 5.32 Å². The average molecular weight is 503 g/mol. The molecule has 2 N–H and O–H groups in total. The van der Waals surface area contributed by atoms with Gasteiger partial charge in [-0.2, -0.15) is 0 Å². The molecule has 0 spiro atoms. The van der Waals surface area contributed by atoms with Crippen molar-refractivity contribution in [2.75, 3.05) is 0 Å². The summed E-state index contributed by atoms with van der Waals surface area (Å²) in [5.74, 6) is -0.186. The quantitative estimate of drug-likeness (QED) is 0.513. The van der Waals surface area contributed by atoms with Crippen molar-refractivity contribution in [3.63, 3.8) is 0 Å². The minimum absolute atomic E-state index is 0.0723. The van der Waals surface area contributed by atoms with Crippen LogP contribution in [0.25, 0.3) is 6.08 Å². The summed E-state index contributed by atoms with van der Waals surface area (Å²) in [4.78, 5) is 17.1. The first-order chi connectivity index (χ1) is 11.8. The van der Waals surface area contributed by atoms with Gasteiger partial charge in [0, 0.05) is 15.1 Å². The van der Waals surface area contributed by atoms with Crippen molar-refractivity contribution in [3.8, 4) is 5.75 Å². The van der Waals surface area contributed by atoms with Gasteiger partial charge in [-0.05, 0) is 76.6 Å². The number of amides is 1. The largest absolute Gasteiger partial charge is 0.506 e. The third-order valence-electron chi connectivity index (χ3n) is 3.38. The van der Waals surface area contributed by atoms with Gasteiger partial charge >= 0.3 is 0 Å². The number of carbonyl (C=O) groups is 1. The van der Waals surface area contributed by atoms with E-state index in [1.165, 1.54) is 11.8 Å². The molecule has 0 unspecified atom stereocenters. The summed E-state index contributed by atoms with van der Waals surface area (Å²) in [6, 6.07) is 8.84. The minimum Gasteiger partial charge on any atom is -0.506 e. The van der Waals surface area contributed by atoms with Crippen LogP contribution in [0.15, 0.2) is 49.2 Å². The van der Waals surface area contributed by atoms with Gasteiger partial charge in [-0.3, -0.25) is 4.79 Å².